The monoisotopic (exact) mass is 353 g/mol. The van der Waals surface area contributed by atoms with E-state index in [0.717, 1.165) is 64.7 Å². The van der Waals surface area contributed by atoms with Crippen molar-refractivity contribution in [2.24, 2.45) is 17.1 Å². The Bertz CT molecular complexity index is 471. The number of rotatable bonds is 5. The lowest BCUT2D eigenvalue weighted by Crippen LogP contribution is -2.76. The first kappa shape index (κ1) is 19.1. The smallest absolute Gasteiger partial charge is 0.243 e. The molecule has 2 unspecified atom stereocenters. The molecule has 25 heavy (non-hydrogen) atoms. The van der Waals surface area contributed by atoms with Crippen molar-refractivity contribution in [3.05, 3.63) is 0 Å². The molecule has 2 aliphatic heterocycles. The zero-order chi connectivity index (χ0) is 18.1. The summed E-state index contributed by atoms with van der Waals surface area (Å²) >= 11 is 0. The van der Waals surface area contributed by atoms with Gasteiger partial charge in [-0.25, -0.2) is 0 Å². The van der Waals surface area contributed by atoms with Gasteiger partial charge in [-0.3, -0.25) is 9.69 Å². The van der Waals surface area contributed by atoms with E-state index in [2.05, 4.69) is 18.7 Å². The van der Waals surface area contributed by atoms with Crippen LogP contribution in [0.5, 0.6) is 0 Å². The summed E-state index contributed by atoms with van der Waals surface area (Å²) in [6, 6.07) is 0. The third kappa shape index (κ3) is 3.59. The van der Waals surface area contributed by atoms with E-state index in [1.165, 1.54) is 0 Å². The molecule has 2 saturated heterocycles. The Morgan fingerprint density at radius 3 is 2.40 bits per heavy atom. The molecule has 0 aromatic carbocycles. The molecule has 1 saturated carbocycles. The Kier molecular flexibility index (Phi) is 5.73. The molecule has 0 radical (unpaired) electrons. The third-order valence-corrected chi connectivity index (χ3v) is 6.73. The number of hydrogen-bond acceptors (Lipinski definition) is 5. The average molecular weight is 354 g/mol. The molecule has 3 rings (SSSR count). The summed E-state index contributed by atoms with van der Waals surface area (Å²) in [5, 5.41) is 0. The van der Waals surface area contributed by atoms with Crippen LogP contribution in [0.3, 0.4) is 0 Å². The van der Waals surface area contributed by atoms with E-state index in [1.807, 2.05) is 11.8 Å². The average Bonchev–Trinajstić information content (AvgIpc) is 2.62. The summed E-state index contributed by atoms with van der Waals surface area (Å²) in [6.07, 6.45) is 3.05. The van der Waals surface area contributed by atoms with E-state index in [4.69, 9.17) is 15.2 Å². The Morgan fingerprint density at radius 1 is 1.20 bits per heavy atom. The predicted octanol–water partition coefficient (Wildman–Crippen LogP) is 1.09. The van der Waals surface area contributed by atoms with Crippen LogP contribution in [0.2, 0.25) is 0 Å². The number of hydrogen-bond donors (Lipinski definition) is 1. The van der Waals surface area contributed by atoms with Gasteiger partial charge in [-0.1, -0.05) is 13.8 Å². The van der Waals surface area contributed by atoms with E-state index in [1.54, 1.807) is 0 Å². The first-order valence-corrected chi connectivity index (χ1v) is 9.88. The summed E-state index contributed by atoms with van der Waals surface area (Å²) in [6.45, 7) is 13.2. The van der Waals surface area contributed by atoms with Gasteiger partial charge in [0.15, 0.2) is 0 Å². The minimum atomic E-state index is -0.782. The van der Waals surface area contributed by atoms with Crippen LogP contribution in [0, 0.1) is 11.3 Å². The zero-order valence-corrected chi connectivity index (χ0v) is 16.1. The highest BCUT2D eigenvalue weighted by Crippen LogP contribution is 2.50. The summed E-state index contributed by atoms with van der Waals surface area (Å²) in [5.74, 6) is 0.855. The lowest BCUT2D eigenvalue weighted by Gasteiger charge is -2.59. The van der Waals surface area contributed by atoms with Crippen LogP contribution in [0.1, 0.15) is 40.0 Å². The van der Waals surface area contributed by atoms with Crippen LogP contribution in [-0.2, 0) is 14.3 Å². The number of nitrogens with zero attached hydrogens (tertiary/aromatic N) is 2. The first-order valence-electron chi connectivity index (χ1n) is 9.88. The molecule has 3 aliphatic rings. The number of amides is 1. The second-order valence-electron chi connectivity index (χ2n) is 8.49. The van der Waals surface area contributed by atoms with Crippen LogP contribution in [0.4, 0.5) is 0 Å². The maximum atomic E-state index is 13.1. The van der Waals surface area contributed by atoms with Crippen molar-refractivity contribution < 1.29 is 14.3 Å². The van der Waals surface area contributed by atoms with Crippen LogP contribution in [0.25, 0.3) is 0 Å². The maximum absolute atomic E-state index is 13.1. The van der Waals surface area contributed by atoms with Crippen molar-refractivity contribution in [1.82, 2.24) is 9.80 Å². The SMILES string of the molecule is CCOC1CC(N)(C(=O)N2CCN(CC3CCOCC3)CC2)C1(C)C. The Balaban J connectivity index is 1.50. The van der Waals surface area contributed by atoms with Crippen LogP contribution < -0.4 is 5.73 Å². The molecule has 3 fully saturated rings. The summed E-state index contributed by atoms with van der Waals surface area (Å²) in [4.78, 5) is 17.5. The molecule has 0 aromatic rings. The van der Waals surface area contributed by atoms with Gasteiger partial charge in [0.1, 0.15) is 5.54 Å². The van der Waals surface area contributed by atoms with Crippen molar-refractivity contribution >= 4 is 5.91 Å². The van der Waals surface area contributed by atoms with E-state index in [9.17, 15) is 4.79 Å². The molecule has 2 heterocycles. The van der Waals surface area contributed by atoms with Gasteiger partial charge in [-0.05, 0) is 25.7 Å². The van der Waals surface area contributed by atoms with Gasteiger partial charge in [0.05, 0.1) is 6.10 Å². The maximum Gasteiger partial charge on any atom is 0.243 e. The molecule has 2 N–H and O–H groups in total. The van der Waals surface area contributed by atoms with Crippen molar-refractivity contribution in [3.8, 4) is 0 Å². The molecular formula is C19H35N3O3. The van der Waals surface area contributed by atoms with E-state index < -0.39 is 5.54 Å². The summed E-state index contributed by atoms with van der Waals surface area (Å²) < 4.78 is 11.2. The molecule has 0 aromatic heterocycles. The summed E-state index contributed by atoms with van der Waals surface area (Å²) in [7, 11) is 0. The van der Waals surface area contributed by atoms with Crippen LogP contribution in [-0.4, -0.2) is 79.9 Å². The van der Waals surface area contributed by atoms with E-state index in [-0.39, 0.29) is 17.4 Å². The highest BCUT2D eigenvalue weighted by Gasteiger charge is 2.63. The van der Waals surface area contributed by atoms with Gasteiger partial charge in [0, 0.05) is 64.4 Å². The number of ether oxygens (including phenoxy) is 2. The normalized spacial score (nSPS) is 33.9. The molecule has 1 amide bonds. The Morgan fingerprint density at radius 2 is 1.84 bits per heavy atom. The molecule has 2 atom stereocenters. The molecule has 0 spiro atoms. The fourth-order valence-electron chi connectivity index (χ4n) is 4.51. The minimum absolute atomic E-state index is 0.0845. The van der Waals surface area contributed by atoms with E-state index in [0.29, 0.717) is 13.0 Å². The van der Waals surface area contributed by atoms with E-state index >= 15 is 0 Å². The fraction of sp³-hybridized carbons (Fsp3) is 0.947. The van der Waals surface area contributed by atoms with Crippen LogP contribution >= 0.6 is 0 Å². The molecule has 6 nitrogen and oxygen atoms in total. The number of piperazine rings is 1. The number of carbonyl (C=O) groups excluding carboxylic acids is 1. The van der Waals surface area contributed by atoms with Crippen molar-refractivity contribution in [3.63, 3.8) is 0 Å². The van der Waals surface area contributed by atoms with Crippen molar-refractivity contribution in [2.45, 2.75) is 51.7 Å². The van der Waals surface area contributed by atoms with Gasteiger partial charge in [-0.2, -0.15) is 0 Å². The Hall–Kier alpha value is -0.690. The minimum Gasteiger partial charge on any atom is -0.381 e. The van der Waals surface area contributed by atoms with Gasteiger partial charge >= 0.3 is 0 Å². The predicted molar refractivity (Wildman–Crippen MR) is 97.3 cm³/mol. The highest BCUT2D eigenvalue weighted by molar-refractivity contribution is 5.89. The number of nitrogens with two attached hydrogens (primary N) is 1. The highest BCUT2D eigenvalue weighted by atomic mass is 16.5. The Labute approximate surface area is 152 Å². The number of carbonyl (C=O) groups is 1. The second-order valence-corrected chi connectivity index (χ2v) is 8.49. The standard InChI is InChI=1S/C19H35N3O3/c1-4-25-16-13-19(20,18(16,2)3)17(23)22-9-7-21(8-10-22)14-15-5-11-24-12-6-15/h15-16H,4-14,20H2,1-3H3. The summed E-state index contributed by atoms with van der Waals surface area (Å²) in [5.41, 5.74) is 5.47. The second kappa shape index (κ2) is 7.51. The fourth-order valence-corrected chi connectivity index (χ4v) is 4.51. The third-order valence-electron chi connectivity index (χ3n) is 6.73. The van der Waals surface area contributed by atoms with Crippen molar-refractivity contribution in [1.29, 1.82) is 0 Å². The van der Waals surface area contributed by atoms with Gasteiger partial charge in [0.25, 0.3) is 0 Å². The molecule has 1 aliphatic carbocycles. The molecule has 6 heteroatoms. The largest absolute Gasteiger partial charge is 0.381 e. The lowest BCUT2D eigenvalue weighted by atomic mass is 9.54. The van der Waals surface area contributed by atoms with Gasteiger partial charge in [-0.15, -0.1) is 0 Å². The van der Waals surface area contributed by atoms with Gasteiger partial charge < -0.3 is 20.1 Å². The zero-order valence-electron chi connectivity index (χ0n) is 16.1. The quantitative estimate of drug-likeness (QED) is 0.801. The molecule has 0 bridgehead atoms. The van der Waals surface area contributed by atoms with Crippen molar-refractivity contribution in [2.75, 3.05) is 52.5 Å². The lowest BCUT2D eigenvalue weighted by molar-refractivity contribution is -0.180. The topological polar surface area (TPSA) is 68.0 Å². The molecular weight excluding hydrogens is 318 g/mol. The van der Waals surface area contributed by atoms with Gasteiger partial charge in [0.2, 0.25) is 5.91 Å². The molecule has 144 valence electrons. The van der Waals surface area contributed by atoms with Crippen LogP contribution in [0.15, 0.2) is 0 Å². The first-order chi connectivity index (χ1) is 11.9.